The Bertz CT molecular complexity index is 688. The maximum Gasteiger partial charge on any atom is 0.226 e. The quantitative estimate of drug-likeness (QED) is 0.741. The maximum atomic E-state index is 12.9. The number of amides is 1. The second-order valence-corrected chi connectivity index (χ2v) is 6.30. The highest BCUT2D eigenvalue weighted by Crippen LogP contribution is 2.48. The lowest BCUT2D eigenvalue weighted by molar-refractivity contribution is -0.134. The number of ether oxygens (including phenoxy) is 2. The SMILES string of the molecule is COCCN(Cc1ccccn1)C(=O)[C@H]1C[C@H]1c1ccc(OC)cc1. The molecule has 1 amide bonds. The number of carbonyl (C=O) groups excluding carboxylic acids is 1. The van der Waals surface area contributed by atoms with Gasteiger partial charge in [0.2, 0.25) is 5.91 Å². The topological polar surface area (TPSA) is 51.7 Å². The van der Waals surface area contributed by atoms with Crippen LogP contribution in [0, 0.1) is 5.92 Å². The smallest absolute Gasteiger partial charge is 0.226 e. The molecule has 0 aliphatic heterocycles. The van der Waals surface area contributed by atoms with Crippen molar-refractivity contribution in [3.8, 4) is 5.75 Å². The van der Waals surface area contributed by atoms with Gasteiger partial charge in [0.05, 0.1) is 26.0 Å². The summed E-state index contributed by atoms with van der Waals surface area (Å²) in [6, 6.07) is 13.8. The summed E-state index contributed by atoms with van der Waals surface area (Å²) in [5, 5.41) is 0. The third-order valence-electron chi connectivity index (χ3n) is 4.61. The first-order valence-electron chi connectivity index (χ1n) is 8.54. The predicted molar refractivity (Wildman–Crippen MR) is 95.4 cm³/mol. The Morgan fingerprint density at radius 1 is 1.20 bits per heavy atom. The van der Waals surface area contributed by atoms with E-state index in [2.05, 4.69) is 17.1 Å². The molecule has 25 heavy (non-hydrogen) atoms. The molecule has 1 aromatic heterocycles. The molecule has 1 aliphatic rings. The summed E-state index contributed by atoms with van der Waals surface area (Å²) in [4.78, 5) is 19.1. The van der Waals surface area contributed by atoms with Crippen LogP contribution in [-0.2, 0) is 16.1 Å². The zero-order valence-corrected chi connectivity index (χ0v) is 14.7. The first kappa shape index (κ1) is 17.4. The van der Waals surface area contributed by atoms with E-state index in [9.17, 15) is 4.79 Å². The Morgan fingerprint density at radius 2 is 2.00 bits per heavy atom. The van der Waals surface area contributed by atoms with E-state index in [1.165, 1.54) is 5.56 Å². The van der Waals surface area contributed by atoms with Crippen molar-refractivity contribution in [2.24, 2.45) is 5.92 Å². The fourth-order valence-electron chi connectivity index (χ4n) is 3.08. The number of nitrogens with zero attached hydrogens (tertiary/aromatic N) is 2. The van der Waals surface area contributed by atoms with Crippen molar-refractivity contribution in [3.63, 3.8) is 0 Å². The number of pyridine rings is 1. The molecule has 2 atom stereocenters. The number of hydrogen-bond donors (Lipinski definition) is 0. The van der Waals surface area contributed by atoms with Crippen LogP contribution in [0.1, 0.15) is 23.6 Å². The van der Waals surface area contributed by atoms with E-state index >= 15 is 0 Å². The van der Waals surface area contributed by atoms with Gasteiger partial charge < -0.3 is 14.4 Å². The van der Waals surface area contributed by atoms with E-state index in [0.717, 1.165) is 17.9 Å². The largest absolute Gasteiger partial charge is 0.497 e. The molecule has 5 nitrogen and oxygen atoms in total. The van der Waals surface area contributed by atoms with Crippen LogP contribution < -0.4 is 4.74 Å². The summed E-state index contributed by atoms with van der Waals surface area (Å²) in [6.07, 6.45) is 2.66. The minimum Gasteiger partial charge on any atom is -0.497 e. The summed E-state index contributed by atoms with van der Waals surface area (Å²) in [6.45, 7) is 1.63. The van der Waals surface area contributed by atoms with Gasteiger partial charge in [0.15, 0.2) is 0 Å². The number of aromatic nitrogens is 1. The summed E-state index contributed by atoms with van der Waals surface area (Å²) >= 11 is 0. The molecule has 0 unspecified atom stereocenters. The van der Waals surface area contributed by atoms with Gasteiger partial charge in [-0.15, -0.1) is 0 Å². The van der Waals surface area contributed by atoms with Crippen LogP contribution in [0.25, 0.3) is 0 Å². The average molecular weight is 340 g/mol. The van der Waals surface area contributed by atoms with Crippen molar-refractivity contribution in [2.45, 2.75) is 18.9 Å². The third-order valence-corrected chi connectivity index (χ3v) is 4.61. The van der Waals surface area contributed by atoms with E-state index in [1.54, 1.807) is 20.4 Å². The highest BCUT2D eigenvalue weighted by atomic mass is 16.5. The number of methoxy groups -OCH3 is 2. The van der Waals surface area contributed by atoms with Gasteiger partial charge in [-0.3, -0.25) is 9.78 Å². The van der Waals surface area contributed by atoms with Crippen molar-refractivity contribution in [1.82, 2.24) is 9.88 Å². The lowest BCUT2D eigenvalue weighted by Crippen LogP contribution is -2.35. The van der Waals surface area contributed by atoms with Crippen LogP contribution in [0.15, 0.2) is 48.7 Å². The van der Waals surface area contributed by atoms with Gasteiger partial charge in [0, 0.05) is 25.8 Å². The molecule has 5 heteroatoms. The van der Waals surface area contributed by atoms with Crippen LogP contribution >= 0.6 is 0 Å². The van der Waals surface area contributed by atoms with Gasteiger partial charge in [-0.1, -0.05) is 18.2 Å². The summed E-state index contributed by atoms with van der Waals surface area (Å²) in [5.41, 5.74) is 2.09. The molecule has 0 radical (unpaired) electrons. The lowest BCUT2D eigenvalue weighted by atomic mass is 10.1. The van der Waals surface area contributed by atoms with Crippen LogP contribution in [0.5, 0.6) is 5.75 Å². The Hall–Kier alpha value is -2.40. The van der Waals surface area contributed by atoms with Crippen molar-refractivity contribution in [2.75, 3.05) is 27.4 Å². The molecule has 1 fully saturated rings. The Labute approximate surface area is 148 Å². The number of rotatable bonds is 8. The number of benzene rings is 1. The first-order chi connectivity index (χ1) is 12.2. The van der Waals surface area contributed by atoms with Crippen molar-refractivity contribution in [1.29, 1.82) is 0 Å². The zero-order chi connectivity index (χ0) is 17.6. The lowest BCUT2D eigenvalue weighted by Gasteiger charge is -2.22. The molecule has 0 bridgehead atoms. The molecule has 1 saturated carbocycles. The van der Waals surface area contributed by atoms with E-state index in [0.29, 0.717) is 25.6 Å². The molecular weight excluding hydrogens is 316 g/mol. The van der Waals surface area contributed by atoms with Gasteiger partial charge in [-0.05, 0) is 42.2 Å². The van der Waals surface area contributed by atoms with E-state index < -0.39 is 0 Å². The Kier molecular flexibility index (Phi) is 5.66. The van der Waals surface area contributed by atoms with Crippen LogP contribution in [0.3, 0.4) is 0 Å². The molecule has 1 aliphatic carbocycles. The average Bonchev–Trinajstić information content (AvgIpc) is 3.46. The zero-order valence-electron chi connectivity index (χ0n) is 14.7. The normalized spacial score (nSPS) is 18.6. The minimum absolute atomic E-state index is 0.0500. The van der Waals surface area contributed by atoms with Gasteiger partial charge in [0.25, 0.3) is 0 Å². The van der Waals surface area contributed by atoms with Crippen LogP contribution in [-0.4, -0.2) is 43.2 Å². The second-order valence-electron chi connectivity index (χ2n) is 6.30. The molecular formula is C20H24N2O3. The molecule has 2 aromatic rings. The van der Waals surface area contributed by atoms with Crippen molar-refractivity contribution >= 4 is 5.91 Å². The number of hydrogen-bond acceptors (Lipinski definition) is 4. The number of carbonyl (C=O) groups is 1. The summed E-state index contributed by atoms with van der Waals surface area (Å²) in [5.74, 6) is 1.37. The molecule has 1 aromatic carbocycles. The van der Waals surface area contributed by atoms with Gasteiger partial charge >= 0.3 is 0 Å². The molecule has 1 heterocycles. The van der Waals surface area contributed by atoms with Crippen molar-refractivity contribution < 1.29 is 14.3 Å². The molecule has 0 spiro atoms. The van der Waals surface area contributed by atoms with Crippen LogP contribution in [0.4, 0.5) is 0 Å². The van der Waals surface area contributed by atoms with E-state index in [4.69, 9.17) is 9.47 Å². The van der Waals surface area contributed by atoms with Crippen molar-refractivity contribution in [3.05, 3.63) is 59.9 Å². The van der Waals surface area contributed by atoms with E-state index in [1.807, 2.05) is 35.2 Å². The predicted octanol–water partition coefficient (Wildman–Crippen LogP) is 2.87. The summed E-state index contributed by atoms with van der Waals surface area (Å²) < 4.78 is 10.4. The van der Waals surface area contributed by atoms with E-state index in [-0.39, 0.29) is 11.8 Å². The Balaban J connectivity index is 1.65. The summed E-state index contributed by atoms with van der Waals surface area (Å²) in [7, 11) is 3.31. The fraction of sp³-hybridized carbons (Fsp3) is 0.400. The van der Waals surface area contributed by atoms with Gasteiger partial charge in [-0.25, -0.2) is 0 Å². The Morgan fingerprint density at radius 3 is 2.64 bits per heavy atom. The standard InChI is InChI=1S/C20H24N2O3/c1-24-12-11-22(14-16-5-3-4-10-21-16)20(23)19-13-18(19)15-6-8-17(25-2)9-7-15/h3-10,18-19H,11-14H2,1-2H3/t18-,19-/m0/s1. The maximum absolute atomic E-state index is 12.9. The molecule has 132 valence electrons. The van der Waals surface area contributed by atoms with Gasteiger partial charge in [-0.2, -0.15) is 0 Å². The second kappa shape index (κ2) is 8.12. The minimum atomic E-state index is 0.0500. The molecule has 0 saturated heterocycles. The highest BCUT2D eigenvalue weighted by molar-refractivity contribution is 5.83. The monoisotopic (exact) mass is 340 g/mol. The highest BCUT2D eigenvalue weighted by Gasteiger charge is 2.45. The third kappa shape index (κ3) is 4.37. The first-order valence-corrected chi connectivity index (χ1v) is 8.54. The molecule has 3 rings (SSSR count). The fourth-order valence-corrected chi connectivity index (χ4v) is 3.08. The van der Waals surface area contributed by atoms with Gasteiger partial charge in [0.1, 0.15) is 5.75 Å². The van der Waals surface area contributed by atoms with Crippen LogP contribution in [0.2, 0.25) is 0 Å². The molecule has 0 N–H and O–H groups in total.